The highest BCUT2D eigenvalue weighted by molar-refractivity contribution is 5.98. The number of hydrogen-bond acceptors (Lipinski definition) is 5. The average Bonchev–Trinajstić information content (AvgIpc) is 3.08. The predicted octanol–water partition coefficient (Wildman–Crippen LogP) is 2.09. The van der Waals surface area contributed by atoms with Gasteiger partial charge in [-0.2, -0.15) is 0 Å². The van der Waals surface area contributed by atoms with Crippen LogP contribution in [0.5, 0.6) is 11.5 Å². The van der Waals surface area contributed by atoms with Gasteiger partial charge in [-0.1, -0.05) is 6.07 Å². The van der Waals surface area contributed by atoms with Gasteiger partial charge in [-0.15, -0.1) is 0 Å². The van der Waals surface area contributed by atoms with E-state index in [1.54, 1.807) is 37.7 Å². The van der Waals surface area contributed by atoms with Crippen LogP contribution in [0.1, 0.15) is 15.9 Å². The Labute approximate surface area is 147 Å². The number of amides is 1. The monoisotopic (exact) mass is 342 g/mol. The number of nitrogens with one attached hydrogen (secondary N) is 1. The molecule has 1 aromatic heterocycles. The first kappa shape index (κ1) is 17.2. The highest BCUT2D eigenvalue weighted by atomic mass is 16.5. The molecule has 2 atom stereocenters. The van der Waals surface area contributed by atoms with Gasteiger partial charge in [-0.3, -0.25) is 9.78 Å². The second-order valence-corrected chi connectivity index (χ2v) is 5.98. The first-order valence-electron chi connectivity index (χ1n) is 8.21. The molecule has 2 aromatic rings. The van der Waals surface area contributed by atoms with Crippen molar-refractivity contribution < 1.29 is 19.0 Å². The number of carbonyl (C=O) groups is 1. The van der Waals surface area contributed by atoms with E-state index in [1.807, 2.05) is 12.1 Å². The molecule has 25 heavy (non-hydrogen) atoms. The molecule has 0 bridgehead atoms. The fraction of sp³-hybridized carbons (Fsp3) is 0.368. The van der Waals surface area contributed by atoms with E-state index < -0.39 is 0 Å². The summed E-state index contributed by atoms with van der Waals surface area (Å²) >= 11 is 0. The van der Waals surface area contributed by atoms with Crippen molar-refractivity contribution in [1.82, 2.24) is 10.3 Å². The lowest BCUT2D eigenvalue weighted by Gasteiger charge is -2.20. The van der Waals surface area contributed by atoms with Crippen LogP contribution < -0.4 is 14.8 Å². The van der Waals surface area contributed by atoms with Gasteiger partial charge in [0.25, 0.3) is 5.91 Å². The third-order valence-corrected chi connectivity index (χ3v) is 4.41. The predicted molar refractivity (Wildman–Crippen MR) is 93.1 cm³/mol. The Balaban J connectivity index is 1.72. The maximum absolute atomic E-state index is 12.7. The Hall–Kier alpha value is -2.60. The summed E-state index contributed by atoms with van der Waals surface area (Å²) in [5.74, 6) is 1.01. The lowest BCUT2D eigenvalue weighted by Crippen LogP contribution is -2.40. The molecule has 0 aliphatic carbocycles. The van der Waals surface area contributed by atoms with Gasteiger partial charge in [-0.25, -0.2) is 0 Å². The molecule has 0 spiro atoms. The highest BCUT2D eigenvalue weighted by Crippen LogP contribution is 2.31. The van der Waals surface area contributed by atoms with Crippen LogP contribution >= 0.6 is 0 Å². The number of hydrogen-bond donors (Lipinski definition) is 1. The Morgan fingerprint density at radius 1 is 1.20 bits per heavy atom. The summed E-state index contributed by atoms with van der Waals surface area (Å²) in [6, 6.07) is 9.20. The van der Waals surface area contributed by atoms with Gasteiger partial charge in [0.05, 0.1) is 39.0 Å². The van der Waals surface area contributed by atoms with Gasteiger partial charge < -0.3 is 19.5 Å². The number of para-hydroxylation sites is 1. The number of aromatic nitrogens is 1. The third-order valence-electron chi connectivity index (χ3n) is 4.41. The lowest BCUT2D eigenvalue weighted by atomic mass is 9.95. The van der Waals surface area contributed by atoms with Gasteiger partial charge in [0.15, 0.2) is 11.5 Å². The summed E-state index contributed by atoms with van der Waals surface area (Å²) in [4.78, 5) is 16.8. The highest BCUT2D eigenvalue weighted by Gasteiger charge is 2.30. The van der Waals surface area contributed by atoms with Crippen molar-refractivity contribution in [3.8, 4) is 11.5 Å². The van der Waals surface area contributed by atoms with Crippen LogP contribution in [0.2, 0.25) is 0 Å². The minimum absolute atomic E-state index is 0.0448. The number of benzene rings is 1. The Kier molecular flexibility index (Phi) is 5.50. The first-order valence-corrected chi connectivity index (χ1v) is 8.21. The number of carbonyl (C=O) groups excluding carboxylic acids is 1. The molecule has 6 heteroatoms. The molecule has 1 amide bonds. The molecule has 0 saturated carbocycles. The standard InChI is InChI=1S/C19H22N2O4/c1-23-17-5-3-4-15(18(17)24-2)19(22)21-16-12-25-11-14(16)10-13-6-8-20-9-7-13/h3-9,14,16H,10-12H2,1-2H3,(H,21,22). The fourth-order valence-electron chi connectivity index (χ4n) is 3.09. The molecule has 1 aliphatic heterocycles. The van der Waals surface area contributed by atoms with Crippen molar-refractivity contribution in [1.29, 1.82) is 0 Å². The van der Waals surface area contributed by atoms with Crippen LogP contribution in [0.15, 0.2) is 42.7 Å². The second kappa shape index (κ2) is 7.98. The maximum Gasteiger partial charge on any atom is 0.255 e. The van der Waals surface area contributed by atoms with Crippen LogP contribution in [0.4, 0.5) is 0 Å². The van der Waals surface area contributed by atoms with Gasteiger partial charge in [0.2, 0.25) is 0 Å². The SMILES string of the molecule is COc1cccc(C(=O)NC2COCC2Cc2ccncc2)c1OC. The number of rotatable bonds is 6. The molecule has 2 heterocycles. The molecule has 6 nitrogen and oxygen atoms in total. The van der Waals surface area contributed by atoms with Crippen LogP contribution in [-0.2, 0) is 11.2 Å². The number of nitrogens with zero attached hydrogens (tertiary/aromatic N) is 1. The van der Waals surface area contributed by atoms with Crippen LogP contribution in [0.25, 0.3) is 0 Å². The molecular formula is C19H22N2O4. The molecule has 1 fully saturated rings. The molecule has 1 N–H and O–H groups in total. The quantitative estimate of drug-likeness (QED) is 0.870. The molecule has 3 rings (SSSR count). The minimum atomic E-state index is -0.189. The van der Waals surface area contributed by atoms with E-state index in [9.17, 15) is 4.79 Å². The average molecular weight is 342 g/mol. The summed E-state index contributed by atoms with van der Waals surface area (Å²) in [5.41, 5.74) is 1.64. The summed E-state index contributed by atoms with van der Waals surface area (Å²) in [5, 5.41) is 3.08. The summed E-state index contributed by atoms with van der Waals surface area (Å²) in [7, 11) is 3.08. The van der Waals surface area contributed by atoms with Crippen molar-refractivity contribution >= 4 is 5.91 Å². The molecule has 0 radical (unpaired) electrons. The van der Waals surface area contributed by atoms with Crippen molar-refractivity contribution in [3.05, 3.63) is 53.9 Å². The van der Waals surface area contributed by atoms with Crippen molar-refractivity contribution in [2.75, 3.05) is 27.4 Å². The normalized spacial score (nSPS) is 19.4. The number of ether oxygens (including phenoxy) is 3. The fourth-order valence-corrected chi connectivity index (χ4v) is 3.09. The van der Waals surface area contributed by atoms with Gasteiger partial charge in [0.1, 0.15) is 0 Å². The lowest BCUT2D eigenvalue weighted by molar-refractivity contribution is 0.0921. The molecule has 1 aromatic carbocycles. The van der Waals surface area contributed by atoms with E-state index in [-0.39, 0.29) is 17.9 Å². The van der Waals surface area contributed by atoms with Gasteiger partial charge in [0, 0.05) is 18.3 Å². The third kappa shape index (κ3) is 3.91. The zero-order valence-corrected chi connectivity index (χ0v) is 14.4. The minimum Gasteiger partial charge on any atom is -0.493 e. The van der Waals surface area contributed by atoms with Crippen LogP contribution in [0.3, 0.4) is 0 Å². The molecule has 1 aliphatic rings. The zero-order chi connectivity index (χ0) is 17.6. The van der Waals surface area contributed by atoms with E-state index in [4.69, 9.17) is 14.2 Å². The summed E-state index contributed by atoms with van der Waals surface area (Å²) in [6.07, 6.45) is 4.39. The van der Waals surface area contributed by atoms with Crippen molar-refractivity contribution in [2.45, 2.75) is 12.5 Å². The van der Waals surface area contributed by atoms with Crippen LogP contribution in [0, 0.1) is 5.92 Å². The Morgan fingerprint density at radius 2 is 2.00 bits per heavy atom. The van der Waals surface area contributed by atoms with E-state index >= 15 is 0 Å². The first-order chi connectivity index (χ1) is 12.2. The van der Waals surface area contributed by atoms with E-state index in [0.29, 0.717) is 30.3 Å². The van der Waals surface area contributed by atoms with Crippen molar-refractivity contribution in [2.24, 2.45) is 5.92 Å². The summed E-state index contributed by atoms with van der Waals surface area (Å²) < 4.78 is 16.2. The second-order valence-electron chi connectivity index (χ2n) is 5.98. The molecule has 1 saturated heterocycles. The van der Waals surface area contributed by atoms with E-state index in [0.717, 1.165) is 6.42 Å². The topological polar surface area (TPSA) is 69.7 Å². The van der Waals surface area contributed by atoms with E-state index in [1.165, 1.54) is 12.7 Å². The van der Waals surface area contributed by atoms with Gasteiger partial charge in [-0.05, 0) is 36.2 Å². The molecule has 2 unspecified atom stereocenters. The summed E-state index contributed by atoms with van der Waals surface area (Å²) in [6.45, 7) is 1.14. The maximum atomic E-state index is 12.7. The Morgan fingerprint density at radius 3 is 2.72 bits per heavy atom. The van der Waals surface area contributed by atoms with Crippen molar-refractivity contribution in [3.63, 3.8) is 0 Å². The Bertz CT molecular complexity index is 721. The number of pyridine rings is 1. The zero-order valence-electron chi connectivity index (χ0n) is 14.4. The van der Waals surface area contributed by atoms with Crippen LogP contribution in [-0.4, -0.2) is 44.4 Å². The van der Waals surface area contributed by atoms with E-state index in [2.05, 4.69) is 10.3 Å². The molecular weight excluding hydrogens is 320 g/mol. The molecule has 132 valence electrons. The largest absolute Gasteiger partial charge is 0.493 e. The van der Waals surface area contributed by atoms with Gasteiger partial charge >= 0.3 is 0 Å². The smallest absolute Gasteiger partial charge is 0.255 e. The number of methoxy groups -OCH3 is 2.